The third kappa shape index (κ3) is 2.37. The molecule has 0 N–H and O–H groups in total. The molecule has 90 valence electrons. The van der Waals surface area contributed by atoms with Crippen LogP contribution in [0.1, 0.15) is 18.1 Å². The fourth-order valence-corrected chi connectivity index (χ4v) is 2.14. The largest absolute Gasteiger partial charge is 0.206 e. The maximum atomic E-state index is 13.9. The molecule has 0 fully saturated rings. The monoisotopic (exact) mass is 259 g/mol. The summed E-state index contributed by atoms with van der Waals surface area (Å²) in [6.45, 7) is 2.06. The Morgan fingerprint density at radius 2 is 1.89 bits per heavy atom. The second-order valence-electron chi connectivity index (χ2n) is 3.98. The van der Waals surface area contributed by atoms with Crippen LogP contribution >= 0.6 is 11.6 Å². The molecule has 2 aromatic carbocycles. The van der Waals surface area contributed by atoms with Crippen LogP contribution in [0.3, 0.4) is 0 Å². The first kappa shape index (κ1) is 12.6. The van der Waals surface area contributed by atoms with Gasteiger partial charge in [0.15, 0.2) is 0 Å². The smallest absolute Gasteiger partial charge is 0.133 e. The minimum atomic E-state index is -0.469. The molecule has 0 spiro atoms. The highest BCUT2D eigenvalue weighted by atomic mass is 35.5. The molecule has 0 aromatic heterocycles. The van der Waals surface area contributed by atoms with Crippen molar-refractivity contribution in [1.82, 2.24) is 0 Å². The maximum absolute atomic E-state index is 13.9. The second-order valence-corrected chi connectivity index (χ2v) is 4.38. The fraction of sp³-hybridized carbons (Fsp3) is 0.133. The van der Waals surface area contributed by atoms with Crippen molar-refractivity contribution < 1.29 is 4.39 Å². The van der Waals surface area contributed by atoms with E-state index in [1.165, 1.54) is 17.7 Å². The van der Waals surface area contributed by atoms with E-state index in [-0.39, 0.29) is 10.6 Å². The van der Waals surface area contributed by atoms with Crippen LogP contribution in [0.25, 0.3) is 11.1 Å². The molecule has 0 aliphatic carbocycles. The number of benzene rings is 2. The van der Waals surface area contributed by atoms with Crippen molar-refractivity contribution in [3.8, 4) is 17.2 Å². The van der Waals surface area contributed by atoms with Crippen molar-refractivity contribution >= 4 is 11.6 Å². The first-order valence-electron chi connectivity index (χ1n) is 5.64. The second kappa shape index (κ2) is 5.20. The van der Waals surface area contributed by atoms with E-state index >= 15 is 0 Å². The summed E-state index contributed by atoms with van der Waals surface area (Å²) in [7, 11) is 0. The van der Waals surface area contributed by atoms with Crippen LogP contribution in [-0.4, -0.2) is 0 Å². The van der Waals surface area contributed by atoms with Crippen LogP contribution in [0.4, 0.5) is 4.39 Å². The molecule has 0 saturated heterocycles. The van der Waals surface area contributed by atoms with Crippen molar-refractivity contribution in [3.05, 3.63) is 58.4 Å². The quantitative estimate of drug-likeness (QED) is 0.774. The van der Waals surface area contributed by atoms with Crippen LogP contribution < -0.4 is 0 Å². The molecule has 2 aromatic rings. The molecule has 0 amide bonds. The summed E-state index contributed by atoms with van der Waals surface area (Å²) in [6, 6.07) is 12.1. The molecule has 2 rings (SSSR count). The number of nitriles is 1. The van der Waals surface area contributed by atoms with Crippen LogP contribution in [0, 0.1) is 17.1 Å². The van der Waals surface area contributed by atoms with Gasteiger partial charge in [-0.3, -0.25) is 0 Å². The Bertz CT molecular complexity index is 588. The highest BCUT2D eigenvalue weighted by Gasteiger charge is 2.11. The molecule has 1 nitrogen and oxygen atoms in total. The van der Waals surface area contributed by atoms with Crippen LogP contribution in [0.15, 0.2) is 36.4 Å². The van der Waals surface area contributed by atoms with Gasteiger partial charge < -0.3 is 0 Å². The van der Waals surface area contributed by atoms with E-state index in [0.717, 1.165) is 12.0 Å². The van der Waals surface area contributed by atoms with Gasteiger partial charge in [-0.1, -0.05) is 42.8 Å². The molecule has 0 bridgehead atoms. The molecule has 0 radical (unpaired) electrons. The lowest BCUT2D eigenvalue weighted by Crippen LogP contribution is -1.89. The number of hydrogen-bond acceptors (Lipinski definition) is 1. The summed E-state index contributed by atoms with van der Waals surface area (Å²) < 4.78 is 13.9. The normalized spacial score (nSPS) is 10.1. The lowest BCUT2D eigenvalue weighted by molar-refractivity contribution is 0.631. The SMILES string of the molecule is CCc1ccc(-c2c(F)cc(C#N)cc2Cl)cc1. The van der Waals surface area contributed by atoms with Crippen LogP contribution in [0.5, 0.6) is 0 Å². The third-order valence-corrected chi connectivity index (χ3v) is 3.12. The number of rotatable bonds is 2. The predicted octanol–water partition coefficient (Wildman–Crippen LogP) is 4.58. The minimum absolute atomic E-state index is 0.228. The number of halogens is 2. The van der Waals surface area contributed by atoms with E-state index in [9.17, 15) is 4.39 Å². The highest BCUT2D eigenvalue weighted by Crippen LogP contribution is 2.31. The Labute approximate surface area is 110 Å². The highest BCUT2D eigenvalue weighted by molar-refractivity contribution is 6.33. The van der Waals surface area contributed by atoms with Gasteiger partial charge in [0.2, 0.25) is 0 Å². The van der Waals surface area contributed by atoms with Gasteiger partial charge in [-0.05, 0) is 29.7 Å². The van der Waals surface area contributed by atoms with Crippen LogP contribution in [-0.2, 0) is 6.42 Å². The molecule has 0 aliphatic rings. The first-order valence-corrected chi connectivity index (χ1v) is 6.02. The average molecular weight is 260 g/mol. The Balaban J connectivity index is 2.53. The zero-order chi connectivity index (χ0) is 13.1. The fourth-order valence-electron chi connectivity index (χ4n) is 1.82. The molecule has 0 unspecified atom stereocenters. The van der Waals surface area contributed by atoms with E-state index in [4.69, 9.17) is 16.9 Å². The molecule has 0 saturated carbocycles. The molecule has 18 heavy (non-hydrogen) atoms. The van der Waals surface area contributed by atoms with Crippen molar-refractivity contribution in [1.29, 1.82) is 5.26 Å². The van der Waals surface area contributed by atoms with Gasteiger partial charge >= 0.3 is 0 Å². The standard InChI is InChI=1S/C15H11ClFN/c1-2-10-3-5-12(6-4-10)15-13(16)7-11(9-18)8-14(15)17/h3-8H,2H2,1H3. The zero-order valence-electron chi connectivity index (χ0n) is 9.87. The van der Waals surface area contributed by atoms with Crippen LogP contribution in [0.2, 0.25) is 5.02 Å². The molecule has 0 atom stereocenters. The molecular formula is C15H11ClFN. The van der Waals surface area contributed by atoms with Gasteiger partial charge in [0, 0.05) is 5.56 Å². The van der Waals surface area contributed by atoms with Crippen molar-refractivity contribution in [2.75, 3.05) is 0 Å². The Kier molecular flexibility index (Phi) is 3.64. The van der Waals surface area contributed by atoms with E-state index in [1.54, 1.807) is 0 Å². The topological polar surface area (TPSA) is 23.8 Å². The molecule has 0 aliphatic heterocycles. The number of nitrogens with zero attached hydrogens (tertiary/aromatic N) is 1. The summed E-state index contributed by atoms with van der Waals surface area (Å²) in [5.74, 6) is -0.469. The van der Waals surface area contributed by atoms with Crippen molar-refractivity contribution in [3.63, 3.8) is 0 Å². The Morgan fingerprint density at radius 3 is 2.39 bits per heavy atom. The predicted molar refractivity (Wildman–Crippen MR) is 70.9 cm³/mol. The zero-order valence-corrected chi connectivity index (χ0v) is 10.6. The Hall–Kier alpha value is -1.85. The first-order chi connectivity index (χ1) is 8.65. The average Bonchev–Trinajstić information content (AvgIpc) is 2.38. The minimum Gasteiger partial charge on any atom is -0.206 e. The van der Waals surface area contributed by atoms with E-state index < -0.39 is 5.82 Å². The lowest BCUT2D eigenvalue weighted by Gasteiger charge is -2.07. The van der Waals surface area contributed by atoms with Gasteiger partial charge in [0.1, 0.15) is 5.82 Å². The van der Waals surface area contributed by atoms with E-state index in [1.807, 2.05) is 30.3 Å². The van der Waals surface area contributed by atoms with Gasteiger partial charge in [-0.2, -0.15) is 5.26 Å². The van der Waals surface area contributed by atoms with Gasteiger partial charge in [-0.25, -0.2) is 4.39 Å². The molecular weight excluding hydrogens is 249 g/mol. The van der Waals surface area contributed by atoms with Gasteiger partial charge in [0.05, 0.1) is 16.7 Å². The summed E-state index contributed by atoms with van der Waals surface area (Å²) in [4.78, 5) is 0. The summed E-state index contributed by atoms with van der Waals surface area (Å²) in [5.41, 5.74) is 2.48. The lowest BCUT2D eigenvalue weighted by atomic mass is 10.0. The van der Waals surface area contributed by atoms with Crippen molar-refractivity contribution in [2.45, 2.75) is 13.3 Å². The maximum Gasteiger partial charge on any atom is 0.133 e. The van der Waals surface area contributed by atoms with Gasteiger partial charge in [0.25, 0.3) is 0 Å². The molecule has 3 heteroatoms. The summed E-state index contributed by atoms with van der Waals surface area (Å²) in [6.07, 6.45) is 0.934. The van der Waals surface area contributed by atoms with E-state index in [0.29, 0.717) is 5.56 Å². The Morgan fingerprint density at radius 1 is 1.22 bits per heavy atom. The van der Waals surface area contributed by atoms with E-state index in [2.05, 4.69) is 6.92 Å². The van der Waals surface area contributed by atoms with Gasteiger partial charge in [-0.15, -0.1) is 0 Å². The van der Waals surface area contributed by atoms with Crippen molar-refractivity contribution in [2.24, 2.45) is 0 Å². The summed E-state index contributed by atoms with van der Waals surface area (Å²) in [5, 5.41) is 9.00. The molecule has 0 heterocycles. The number of hydrogen-bond donors (Lipinski definition) is 0. The number of aryl methyl sites for hydroxylation is 1. The third-order valence-electron chi connectivity index (χ3n) is 2.82. The summed E-state index contributed by atoms with van der Waals surface area (Å²) >= 11 is 6.03.